The van der Waals surface area contributed by atoms with Crippen molar-refractivity contribution in [3.8, 4) is 17.2 Å². The quantitative estimate of drug-likeness (QED) is 0.509. The van der Waals surface area contributed by atoms with Crippen LogP contribution in [0.4, 0.5) is 4.79 Å². The molecule has 1 amide bonds. The number of fused-ring (bicyclic) bond motifs is 4. The van der Waals surface area contributed by atoms with Crippen LogP contribution in [0, 0.1) is 0 Å². The summed E-state index contributed by atoms with van der Waals surface area (Å²) in [6.45, 7) is 2.29. The van der Waals surface area contributed by atoms with Crippen LogP contribution in [0.25, 0.3) is 6.08 Å². The number of ether oxygens (including phenoxy) is 2. The highest BCUT2D eigenvalue weighted by Crippen LogP contribution is 2.52. The number of hydrazone groups is 1. The van der Waals surface area contributed by atoms with Crippen LogP contribution in [0.15, 0.2) is 82.8 Å². The van der Waals surface area contributed by atoms with E-state index in [2.05, 4.69) is 5.32 Å². The largest absolute Gasteiger partial charge is 0.504 e. The van der Waals surface area contributed by atoms with Crippen molar-refractivity contribution in [1.82, 2.24) is 10.3 Å². The van der Waals surface area contributed by atoms with Gasteiger partial charge in [0.25, 0.3) is 5.24 Å². The number of nitrogens with one attached hydrogen (secondary N) is 1. The van der Waals surface area contributed by atoms with Crippen LogP contribution in [-0.2, 0) is 0 Å². The predicted octanol–water partition coefficient (Wildman–Crippen LogP) is 5.49. The van der Waals surface area contributed by atoms with E-state index in [4.69, 9.17) is 14.6 Å². The third kappa shape index (κ3) is 3.61. The van der Waals surface area contributed by atoms with Crippen molar-refractivity contribution in [2.45, 2.75) is 25.2 Å². The lowest BCUT2D eigenvalue weighted by atomic mass is 9.95. The first kappa shape index (κ1) is 21.6. The molecular weight excluding hydrogens is 462 g/mol. The normalized spacial score (nSPS) is 23.5. The molecule has 35 heavy (non-hydrogen) atoms. The molecule has 1 spiro atoms. The number of phenolic OH excluding ortho intramolecular Hbond substituents is 1. The lowest BCUT2D eigenvalue weighted by Gasteiger charge is -2.45. The van der Waals surface area contributed by atoms with Crippen LogP contribution in [0.2, 0.25) is 0 Å². The van der Waals surface area contributed by atoms with Gasteiger partial charge in [0.2, 0.25) is 0 Å². The van der Waals surface area contributed by atoms with Crippen LogP contribution in [0.5, 0.6) is 17.2 Å². The summed E-state index contributed by atoms with van der Waals surface area (Å²) in [5.41, 5.74) is 3.78. The zero-order valence-electron chi connectivity index (χ0n) is 19.0. The molecule has 2 N–H and O–H groups in total. The maximum Gasteiger partial charge on any atom is 0.314 e. The first-order valence-electron chi connectivity index (χ1n) is 11.5. The second kappa shape index (κ2) is 8.39. The minimum absolute atomic E-state index is 0.0662. The zero-order chi connectivity index (χ0) is 24.0. The molecule has 0 bridgehead atoms. The number of carbonyl (C=O) groups is 1. The molecule has 1 fully saturated rings. The molecule has 3 heterocycles. The molecule has 1 saturated heterocycles. The third-order valence-corrected chi connectivity index (χ3v) is 7.17. The summed E-state index contributed by atoms with van der Waals surface area (Å²) in [5.74, 6) is -0.109. The summed E-state index contributed by atoms with van der Waals surface area (Å²) in [6, 6.07) is 23.0. The second-order valence-corrected chi connectivity index (χ2v) is 9.46. The van der Waals surface area contributed by atoms with E-state index >= 15 is 0 Å². The van der Waals surface area contributed by atoms with Gasteiger partial charge in [-0.15, -0.1) is 0 Å². The Kier molecular flexibility index (Phi) is 5.18. The number of para-hydroxylation sites is 1. The number of hydrogen-bond donors (Lipinski definition) is 2. The third-order valence-electron chi connectivity index (χ3n) is 6.27. The molecule has 3 aliphatic rings. The van der Waals surface area contributed by atoms with E-state index in [1.165, 1.54) is 0 Å². The van der Waals surface area contributed by atoms with E-state index in [0.717, 1.165) is 34.2 Å². The Morgan fingerprint density at radius 3 is 2.83 bits per heavy atom. The first-order valence-corrected chi connectivity index (χ1v) is 12.3. The summed E-state index contributed by atoms with van der Waals surface area (Å²) < 4.78 is 12.1. The van der Waals surface area contributed by atoms with Crippen LogP contribution in [-0.4, -0.2) is 33.5 Å². The highest BCUT2D eigenvalue weighted by molar-refractivity contribution is 8.17. The molecule has 0 radical (unpaired) electrons. The van der Waals surface area contributed by atoms with Crippen molar-refractivity contribution in [1.29, 1.82) is 0 Å². The predicted molar refractivity (Wildman–Crippen MR) is 135 cm³/mol. The molecule has 3 aliphatic heterocycles. The zero-order valence-corrected chi connectivity index (χ0v) is 19.8. The van der Waals surface area contributed by atoms with Crippen molar-refractivity contribution in [2.75, 3.05) is 6.61 Å². The van der Waals surface area contributed by atoms with E-state index in [9.17, 15) is 9.90 Å². The van der Waals surface area contributed by atoms with Crippen molar-refractivity contribution >= 4 is 28.8 Å². The SMILES string of the molecule is CCOc1cc(/C=C2\SC(=O)N[C@@]23Oc2ccccc2[C@H]2CC(c4ccccc4)=NN23)ccc1O. The van der Waals surface area contributed by atoms with Gasteiger partial charge in [0.05, 0.1) is 23.3 Å². The van der Waals surface area contributed by atoms with Gasteiger partial charge in [0.1, 0.15) is 5.75 Å². The molecule has 8 heteroatoms. The fourth-order valence-corrected chi connectivity index (χ4v) is 5.62. The maximum atomic E-state index is 12.8. The maximum absolute atomic E-state index is 12.8. The monoisotopic (exact) mass is 485 g/mol. The Morgan fingerprint density at radius 2 is 2.00 bits per heavy atom. The molecular formula is C27H23N3O4S. The molecule has 0 saturated carbocycles. The number of benzene rings is 3. The van der Waals surface area contributed by atoms with Crippen LogP contribution < -0.4 is 14.8 Å². The smallest absolute Gasteiger partial charge is 0.314 e. The number of aromatic hydroxyl groups is 1. The van der Waals surface area contributed by atoms with Gasteiger partial charge in [-0.2, -0.15) is 5.10 Å². The lowest BCUT2D eigenvalue weighted by Crippen LogP contribution is -2.61. The number of amides is 1. The van der Waals surface area contributed by atoms with Gasteiger partial charge in [-0.05, 0) is 54.1 Å². The molecule has 176 valence electrons. The van der Waals surface area contributed by atoms with Crippen molar-refractivity contribution in [3.05, 3.63) is 94.4 Å². The van der Waals surface area contributed by atoms with Gasteiger partial charge in [-0.3, -0.25) is 10.1 Å². The Morgan fingerprint density at radius 1 is 1.20 bits per heavy atom. The second-order valence-electron chi connectivity index (χ2n) is 8.44. The summed E-state index contributed by atoms with van der Waals surface area (Å²) in [6.07, 6.45) is 2.57. The molecule has 0 aliphatic carbocycles. The van der Waals surface area contributed by atoms with Gasteiger partial charge < -0.3 is 14.6 Å². The average molecular weight is 486 g/mol. The number of rotatable bonds is 4. The van der Waals surface area contributed by atoms with E-state index in [1.807, 2.05) is 72.6 Å². The Labute approximate surface area is 207 Å². The number of hydrogen-bond acceptors (Lipinski definition) is 7. The highest BCUT2D eigenvalue weighted by Gasteiger charge is 2.58. The molecule has 6 rings (SSSR count). The number of carbonyl (C=O) groups excluding carboxylic acids is 1. The van der Waals surface area contributed by atoms with Crippen LogP contribution >= 0.6 is 11.8 Å². The lowest BCUT2D eigenvalue weighted by molar-refractivity contribution is -0.0949. The van der Waals surface area contributed by atoms with Crippen molar-refractivity contribution in [3.63, 3.8) is 0 Å². The van der Waals surface area contributed by atoms with Crippen LogP contribution in [0.3, 0.4) is 0 Å². The van der Waals surface area contributed by atoms with Crippen molar-refractivity contribution in [2.24, 2.45) is 5.10 Å². The molecule has 3 aromatic carbocycles. The molecule has 3 aromatic rings. The van der Waals surface area contributed by atoms with Gasteiger partial charge in [-0.25, -0.2) is 5.01 Å². The Hall–Kier alpha value is -3.91. The summed E-state index contributed by atoms with van der Waals surface area (Å²) in [5, 5.41) is 19.8. The van der Waals surface area contributed by atoms with E-state index in [-0.39, 0.29) is 17.0 Å². The molecule has 7 nitrogen and oxygen atoms in total. The summed E-state index contributed by atoms with van der Waals surface area (Å²) in [7, 11) is 0. The fourth-order valence-electron chi connectivity index (χ4n) is 4.71. The molecule has 0 aromatic heterocycles. The standard InChI is InChI=1S/C27H23N3O4S/c1-2-33-24-14-17(12-13-22(24)31)15-25-27(28-26(32)35-25)30-21(19-10-6-7-11-23(19)34-27)16-20(29-30)18-8-4-3-5-9-18/h3-15,21,31H,2,16H2,1H3,(H,28,32)/b25-15-/t21-,27+/m1/s1. The topological polar surface area (TPSA) is 83.4 Å². The Bertz CT molecular complexity index is 1370. The van der Waals surface area contributed by atoms with Crippen LogP contribution in [0.1, 0.15) is 36.1 Å². The van der Waals surface area contributed by atoms with Crippen molar-refractivity contribution < 1.29 is 19.4 Å². The van der Waals surface area contributed by atoms with Gasteiger partial charge in [0.15, 0.2) is 11.5 Å². The molecule has 2 atom stereocenters. The summed E-state index contributed by atoms with van der Waals surface area (Å²) >= 11 is 1.08. The number of phenols is 1. The molecule has 0 unspecified atom stereocenters. The van der Waals surface area contributed by atoms with Gasteiger partial charge in [0, 0.05) is 12.0 Å². The Balaban J connectivity index is 1.49. The number of thioether (sulfide) groups is 1. The fraction of sp³-hybridized carbons (Fsp3) is 0.185. The average Bonchev–Trinajstić information content (AvgIpc) is 3.45. The summed E-state index contributed by atoms with van der Waals surface area (Å²) in [4.78, 5) is 13.4. The van der Waals surface area contributed by atoms with E-state index in [0.29, 0.717) is 29.4 Å². The van der Waals surface area contributed by atoms with E-state index < -0.39 is 5.85 Å². The minimum Gasteiger partial charge on any atom is -0.504 e. The number of nitrogens with zero attached hydrogens (tertiary/aromatic N) is 2. The van der Waals surface area contributed by atoms with Gasteiger partial charge in [-0.1, -0.05) is 54.6 Å². The van der Waals surface area contributed by atoms with E-state index in [1.54, 1.807) is 18.2 Å². The first-order chi connectivity index (χ1) is 17.1. The minimum atomic E-state index is -1.28. The highest BCUT2D eigenvalue weighted by atomic mass is 32.2. The van der Waals surface area contributed by atoms with Gasteiger partial charge >= 0.3 is 5.85 Å².